The molecule has 0 radical (unpaired) electrons. The third-order valence-electron chi connectivity index (χ3n) is 7.56. The minimum Gasteiger partial charge on any atom is -0.508 e. The van der Waals surface area contributed by atoms with Crippen molar-refractivity contribution in [3.05, 3.63) is 71.8 Å². The Bertz CT molecular complexity index is 1640. The summed E-state index contributed by atoms with van der Waals surface area (Å²) >= 11 is 1.69. The summed E-state index contributed by atoms with van der Waals surface area (Å²) in [5.74, 6) is 1.68. The number of phenolic OH excluding ortho intramolecular Hbond substituents is 1. The molecule has 8 nitrogen and oxygen atoms in total. The van der Waals surface area contributed by atoms with Gasteiger partial charge in [-0.2, -0.15) is 0 Å². The van der Waals surface area contributed by atoms with Gasteiger partial charge < -0.3 is 19.6 Å². The summed E-state index contributed by atoms with van der Waals surface area (Å²) in [4.78, 5) is 39.6. The minimum absolute atomic E-state index is 0.0123. The van der Waals surface area contributed by atoms with E-state index in [1.807, 2.05) is 11.0 Å². The van der Waals surface area contributed by atoms with E-state index in [0.29, 0.717) is 32.1 Å². The molecule has 0 bridgehead atoms. The molecule has 1 N–H and O–H groups in total. The van der Waals surface area contributed by atoms with E-state index in [1.165, 1.54) is 11.6 Å². The Labute approximate surface area is 242 Å². The van der Waals surface area contributed by atoms with Gasteiger partial charge in [-0.3, -0.25) is 9.59 Å². The Kier molecular flexibility index (Phi) is 7.80. The summed E-state index contributed by atoms with van der Waals surface area (Å²) < 4.78 is 6.63. The zero-order valence-electron chi connectivity index (χ0n) is 23.0. The minimum atomic E-state index is -0.0123. The van der Waals surface area contributed by atoms with E-state index in [-0.39, 0.29) is 30.3 Å². The van der Waals surface area contributed by atoms with Gasteiger partial charge in [-0.25, -0.2) is 9.97 Å². The second-order valence-corrected chi connectivity index (χ2v) is 11.4. The van der Waals surface area contributed by atoms with Crippen molar-refractivity contribution in [3.63, 3.8) is 0 Å². The lowest BCUT2D eigenvalue weighted by Crippen LogP contribution is -2.36. The Balaban J connectivity index is 1.28. The fourth-order valence-electron chi connectivity index (χ4n) is 5.40. The summed E-state index contributed by atoms with van der Waals surface area (Å²) in [5.41, 5.74) is 5.16. The maximum atomic E-state index is 12.7. The Morgan fingerprint density at radius 1 is 1.00 bits per heavy atom. The predicted octanol–water partition coefficient (Wildman–Crippen LogP) is 5.38. The van der Waals surface area contributed by atoms with Crippen molar-refractivity contribution in [3.8, 4) is 27.6 Å². The number of rotatable bonds is 7. The molecule has 4 aromatic rings. The molecule has 0 atom stereocenters. The molecule has 2 aromatic heterocycles. The van der Waals surface area contributed by atoms with Crippen LogP contribution in [0.25, 0.3) is 32.0 Å². The van der Waals surface area contributed by atoms with Crippen molar-refractivity contribution in [1.82, 2.24) is 14.9 Å². The number of nitrogens with zero attached hydrogens (tertiary/aromatic N) is 4. The number of allylic oxidation sites excluding steroid dienone is 2. The molecule has 1 amide bonds. The number of thiophene rings is 1. The van der Waals surface area contributed by atoms with Crippen molar-refractivity contribution in [2.45, 2.75) is 32.7 Å². The smallest absolute Gasteiger partial charge is 0.223 e. The van der Waals surface area contributed by atoms with Gasteiger partial charge in [-0.15, -0.1) is 11.3 Å². The number of morpholine rings is 1. The normalized spacial score (nSPS) is 15.4. The maximum Gasteiger partial charge on any atom is 0.223 e. The highest BCUT2D eigenvalue weighted by molar-refractivity contribution is 7.22. The number of carbonyl (C=O) groups is 2. The third-order valence-corrected chi connectivity index (χ3v) is 8.73. The summed E-state index contributed by atoms with van der Waals surface area (Å²) in [5, 5.41) is 10.1. The lowest BCUT2D eigenvalue weighted by Gasteiger charge is -2.29. The fraction of sp³-hybridized carbons (Fsp3) is 0.312. The van der Waals surface area contributed by atoms with Crippen molar-refractivity contribution in [1.29, 1.82) is 0 Å². The number of hydrogen-bond donors (Lipinski definition) is 1. The van der Waals surface area contributed by atoms with Crippen LogP contribution < -0.4 is 4.90 Å². The van der Waals surface area contributed by atoms with Crippen molar-refractivity contribution in [2.75, 3.05) is 37.7 Å². The molecule has 0 unspecified atom stereocenters. The third kappa shape index (κ3) is 5.87. The molecule has 210 valence electrons. The number of carbonyl (C=O) groups excluding carboxylic acids is 2. The molecule has 2 aliphatic heterocycles. The molecular formula is C32H32N4O4S. The van der Waals surface area contributed by atoms with Crippen LogP contribution in [-0.2, 0) is 27.3 Å². The number of ether oxygens (including phenoxy) is 1. The second kappa shape index (κ2) is 11.8. The summed E-state index contributed by atoms with van der Waals surface area (Å²) in [7, 11) is 0. The highest BCUT2D eigenvalue weighted by Crippen LogP contribution is 2.40. The molecule has 0 aliphatic carbocycles. The second-order valence-electron chi connectivity index (χ2n) is 10.4. The number of aromatic nitrogens is 2. The van der Waals surface area contributed by atoms with Gasteiger partial charge in [0.15, 0.2) is 17.4 Å². The number of ketones is 1. The van der Waals surface area contributed by atoms with E-state index in [4.69, 9.17) is 14.7 Å². The number of benzene rings is 2. The average Bonchev–Trinajstić information content (AvgIpc) is 3.44. The first-order valence-corrected chi connectivity index (χ1v) is 14.8. The Morgan fingerprint density at radius 3 is 2.66 bits per heavy atom. The molecule has 2 aromatic carbocycles. The molecule has 9 heteroatoms. The zero-order valence-corrected chi connectivity index (χ0v) is 23.8. The highest BCUT2D eigenvalue weighted by atomic mass is 32.1. The first-order valence-electron chi connectivity index (χ1n) is 14.0. The van der Waals surface area contributed by atoms with Gasteiger partial charge in [0, 0.05) is 49.5 Å². The molecule has 6 rings (SSSR count). The summed E-state index contributed by atoms with van der Waals surface area (Å²) in [6.07, 6.45) is 4.51. The van der Waals surface area contributed by atoms with Gasteiger partial charge in [0.1, 0.15) is 5.75 Å². The van der Waals surface area contributed by atoms with Crippen molar-refractivity contribution >= 4 is 39.1 Å². The van der Waals surface area contributed by atoms with Gasteiger partial charge in [0.25, 0.3) is 0 Å². The van der Waals surface area contributed by atoms with Gasteiger partial charge in [-0.1, -0.05) is 30.3 Å². The van der Waals surface area contributed by atoms with E-state index in [2.05, 4.69) is 29.2 Å². The number of fused-ring (bicyclic) bond motifs is 2. The Morgan fingerprint density at radius 2 is 1.85 bits per heavy atom. The molecule has 0 saturated carbocycles. The largest absolute Gasteiger partial charge is 0.508 e. The number of amides is 1. The van der Waals surface area contributed by atoms with Crippen LogP contribution in [0.2, 0.25) is 0 Å². The SMILES string of the molecule is CC=CC(=O)CCC(=O)N1CCc2cc(-c3cc4nc(-c5cccc(O)c5)nc(N5CCOCC5)c4s3)ccc2C1. The van der Waals surface area contributed by atoms with E-state index in [1.54, 1.807) is 42.5 Å². The first kappa shape index (κ1) is 27.1. The molecule has 2 aliphatic rings. The lowest BCUT2D eigenvalue weighted by atomic mass is 9.96. The Hall–Kier alpha value is -4.08. The molecule has 0 spiro atoms. The van der Waals surface area contributed by atoms with Crippen LogP contribution in [0.4, 0.5) is 5.82 Å². The standard InChI is InChI=1S/C32H32N4O4S/c1-2-4-25(37)9-10-29(39)36-12-11-21-17-22(7-8-24(21)20-36)28-19-27-30(41-28)32(35-13-15-40-16-14-35)34-31(33-27)23-5-3-6-26(38)18-23/h2-8,17-19,38H,9-16,20H2,1H3. The van der Waals surface area contributed by atoms with Crippen LogP contribution >= 0.6 is 11.3 Å². The topological polar surface area (TPSA) is 95.9 Å². The summed E-state index contributed by atoms with van der Waals surface area (Å²) in [6.45, 7) is 5.85. The van der Waals surface area contributed by atoms with Crippen LogP contribution in [0.1, 0.15) is 30.9 Å². The number of anilines is 1. The number of phenols is 1. The van der Waals surface area contributed by atoms with Crippen molar-refractivity contribution < 1.29 is 19.4 Å². The van der Waals surface area contributed by atoms with Crippen LogP contribution in [0, 0.1) is 0 Å². The van der Waals surface area contributed by atoms with E-state index >= 15 is 0 Å². The quantitative estimate of drug-likeness (QED) is 0.299. The molecule has 1 fully saturated rings. The number of hydrogen-bond acceptors (Lipinski definition) is 8. The van der Waals surface area contributed by atoms with Crippen LogP contribution in [0.15, 0.2) is 60.7 Å². The van der Waals surface area contributed by atoms with E-state index < -0.39 is 0 Å². The van der Waals surface area contributed by atoms with Crippen LogP contribution in [-0.4, -0.2) is 64.5 Å². The predicted molar refractivity (Wildman–Crippen MR) is 161 cm³/mol. The lowest BCUT2D eigenvalue weighted by molar-refractivity contribution is -0.133. The zero-order chi connectivity index (χ0) is 28.3. The van der Waals surface area contributed by atoms with Crippen LogP contribution in [0.5, 0.6) is 5.75 Å². The van der Waals surface area contributed by atoms with Gasteiger partial charge >= 0.3 is 0 Å². The molecule has 4 heterocycles. The molecule has 1 saturated heterocycles. The van der Waals surface area contributed by atoms with Crippen molar-refractivity contribution in [2.24, 2.45) is 0 Å². The fourth-order valence-corrected chi connectivity index (χ4v) is 6.51. The maximum absolute atomic E-state index is 12.7. The van der Waals surface area contributed by atoms with Gasteiger partial charge in [-0.05, 0) is 60.4 Å². The molecule has 41 heavy (non-hydrogen) atoms. The van der Waals surface area contributed by atoms with E-state index in [0.717, 1.165) is 57.1 Å². The molecular weight excluding hydrogens is 536 g/mol. The average molecular weight is 569 g/mol. The highest BCUT2D eigenvalue weighted by Gasteiger charge is 2.23. The number of aromatic hydroxyl groups is 1. The monoisotopic (exact) mass is 568 g/mol. The summed E-state index contributed by atoms with van der Waals surface area (Å²) in [6, 6.07) is 15.6. The van der Waals surface area contributed by atoms with Gasteiger partial charge in [0.2, 0.25) is 5.91 Å². The first-order chi connectivity index (χ1) is 20.0. The van der Waals surface area contributed by atoms with Gasteiger partial charge in [0.05, 0.1) is 23.4 Å². The van der Waals surface area contributed by atoms with E-state index in [9.17, 15) is 14.7 Å². The van der Waals surface area contributed by atoms with Crippen LogP contribution in [0.3, 0.4) is 0 Å².